The molecule has 0 aromatic heterocycles. The van der Waals surface area contributed by atoms with Crippen molar-refractivity contribution < 1.29 is 32.9 Å². The summed E-state index contributed by atoms with van der Waals surface area (Å²) in [7, 11) is 1.25. The molecule has 8 nitrogen and oxygen atoms in total. The quantitative estimate of drug-likeness (QED) is 0.0272. The third kappa shape index (κ3) is 56.3. The summed E-state index contributed by atoms with van der Waals surface area (Å²) in [5.41, 5.74) is 0. The van der Waals surface area contributed by atoms with Gasteiger partial charge in [-0.15, -0.1) is 0 Å². The van der Waals surface area contributed by atoms with Gasteiger partial charge < -0.3 is 28.8 Å². The molecular formula is C62H121N2O6P. The molecule has 0 radical (unpaired) electrons. The predicted octanol–water partition coefficient (Wildman–Crippen LogP) is 18.3. The summed E-state index contributed by atoms with van der Waals surface area (Å²) in [6.07, 6.45) is 69.5. The van der Waals surface area contributed by atoms with Gasteiger partial charge in [-0.1, -0.05) is 275 Å². The molecule has 0 rings (SSSR count). The van der Waals surface area contributed by atoms with Gasteiger partial charge in [0.2, 0.25) is 5.91 Å². The normalized spacial score (nSPS) is 14.1. The van der Waals surface area contributed by atoms with Crippen LogP contribution in [0.2, 0.25) is 0 Å². The van der Waals surface area contributed by atoms with Crippen molar-refractivity contribution in [2.75, 3.05) is 40.9 Å². The lowest BCUT2D eigenvalue weighted by Gasteiger charge is -2.29. The largest absolute Gasteiger partial charge is 0.756 e. The molecule has 3 atom stereocenters. The Morgan fingerprint density at radius 3 is 1.14 bits per heavy atom. The number of hydrogen-bond acceptors (Lipinski definition) is 6. The summed E-state index contributed by atoms with van der Waals surface area (Å²) in [4.78, 5) is 25.5. The van der Waals surface area contributed by atoms with Crippen LogP contribution in [0, 0.1) is 0 Å². The summed E-state index contributed by atoms with van der Waals surface area (Å²) >= 11 is 0. The van der Waals surface area contributed by atoms with Gasteiger partial charge in [0.15, 0.2) is 0 Å². The number of aliphatic hydroxyl groups excluding tert-OH is 1. The summed E-state index contributed by atoms with van der Waals surface area (Å²) in [5.74, 6) is -0.203. The number of rotatable bonds is 57. The Hall–Kier alpha value is -1.28. The zero-order valence-corrected chi connectivity index (χ0v) is 48.8. The van der Waals surface area contributed by atoms with Gasteiger partial charge in [-0.2, -0.15) is 0 Å². The molecule has 9 heteroatoms. The number of likely N-dealkylation sites (N-methyl/N-ethyl adjacent to an activating group) is 1. The molecule has 1 amide bonds. The number of unbranched alkanes of at least 4 members (excludes halogenated alkanes) is 40. The van der Waals surface area contributed by atoms with Crippen LogP contribution in [0.5, 0.6) is 0 Å². The fraction of sp³-hybridized carbons (Fsp3) is 0.887. The first kappa shape index (κ1) is 69.7. The van der Waals surface area contributed by atoms with E-state index in [1.54, 1.807) is 6.08 Å². The maximum atomic E-state index is 13.0. The highest BCUT2D eigenvalue weighted by Crippen LogP contribution is 2.38. The smallest absolute Gasteiger partial charge is 0.268 e. The van der Waals surface area contributed by atoms with Gasteiger partial charge in [0, 0.05) is 6.42 Å². The second-order valence-corrected chi connectivity index (χ2v) is 23.8. The minimum atomic E-state index is -4.61. The van der Waals surface area contributed by atoms with E-state index in [0.717, 1.165) is 38.5 Å². The molecule has 0 saturated carbocycles. The lowest BCUT2D eigenvalue weighted by molar-refractivity contribution is -0.870. The monoisotopic (exact) mass is 1020 g/mol. The molecule has 0 aliphatic heterocycles. The Balaban J connectivity index is 4.19. The number of carbonyl (C=O) groups is 1. The molecule has 0 aliphatic carbocycles. The van der Waals surface area contributed by atoms with Gasteiger partial charge >= 0.3 is 0 Å². The lowest BCUT2D eigenvalue weighted by Crippen LogP contribution is -2.45. The highest BCUT2D eigenvalue weighted by atomic mass is 31.2. The molecule has 0 fully saturated rings. The number of nitrogens with one attached hydrogen (secondary N) is 1. The van der Waals surface area contributed by atoms with Crippen LogP contribution in [0.25, 0.3) is 0 Å². The van der Waals surface area contributed by atoms with Crippen molar-refractivity contribution in [3.05, 3.63) is 36.5 Å². The van der Waals surface area contributed by atoms with E-state index in [4.69, 9.17) is 9.05 Å². The molecule has 2 N–H and O–H groups in total. The summed E-state index contributed by atoms with van der Waals surface area (Å²) in [6, 6.07) is -0.903. The predicted molar refractivity (Wildman–Crippen MR) is 307 cm³/mol. The Morgan fingerprint density at radius 1 is 0.479 bits per heavy atom. The van der Waals surface area contributed by atoms with Crippen LogP contribution in [-0.2, 0) is 18.4 Å². The van der Waals surface area contributed by atoms with E-state index in [9.17, 15) is 19.4 Å². The number of allylic oxidation sites excluding steroid dienone is 5. The maximum Gasteiger partial charge on any atom is 0.268 e. The van der Waals surface area contributed by atoms with Crippen molar-refractivity contribution in [3.63, 3.8) is 0 Å². The molecule has 0 saturated heterocycles. The van der Waals surface area contributed by atoms with Crippen molar-refractivity contribution in [3.8, 4) is 0 Å². The second-order valence-electron chi connectivity index (χ2n) is 22.4. The van der Waals surface area contributed by atoms with E-state index in [0.29, 0.717) is 17.4 Å². The van der Waals surface area contributed by atoms with Crippen molar-refractivity contribution in [2.24, 2.45) is 0 Å². The molecule has 0 spiro atoms. The van der Waals surface area contributed by atoms with Crippen LogP contribution >= 0.6 is 7.82 Å². The number of phosphoric acid groups is 1. The molecule has 71 heavy (non-hydrogen) atoms. The van der Waals surface area contributed by atoms with Gasteiger partial charge in [-0.25, -0.2) is 0 Å². The van der Waals surface area contributed by atoms with Gasteiger partial charge in [0.25, 0.3) is 7.82 Å². The Kier molecular flexibility index (Phi) is 52.6. The minimum absolute atomic E-state index is 0.00524. The number of amides is 1. The van der Waals surface area contributed by atoms with Crippen molar-refractivity contribution in [1.82, 2.24) is 5.32 Å². The van der Waals surface area contributed by atoms with Crippen molar-refractivity contribution in [2.45, 2.75) is 315 Å². The first-order valence-electron chi connectivity index (χ1n) is 30.9. The summed E-state index contributed by atoms with van der Waals surface area (Å²) in [6.45, 7) is 4.67. The number of carbonyl (C=O) groups excluding carboxylic acids is 1. The first-order chi connectivity index (χ1) is 34.5. The van der Waals surface area contributed by atoms with Crippen LogP contribution < -0.4 is 10.2 Å². The standard InChI is InChI=1S/C62H121N2O6P/c1-6-8-10-12-14-16-18-20-22-24-26-28-30-32-34-36-38-40-42-44-46-48-50-52-54-56-62(66)63-60(59-70-71(67,68)69-58-57-64(3,4)5)61(65)55-53-51-49-47-45-43-41-39-37-35-33-31-29-27-25-23-21-19-17-15-13-11-9-7-2/h24,26,45,47,53,55,60-61,65H,6-23,25,27-44,46,48-52,54,56-59H2,1-5H3,(H-,63,66,67,68)/b26-24-,47-45+,55-53+. The molecule has 420 valence electrons. The van der Waals surface area contributed by atoms with Crippen molar-refractivity contribution >= 4 is 13.7 Å². The van der Waals surface area contributed by atoms with E-state index in [-0.39, 0.29) is 12.5 Å². The maximum absolute atomic E-state index is 13.0. The lowest BCUT2D eigenvalue weighted by atomic mass is 10.0. The number of quaternary nitrogens is 1. The van der Waals surface area contributed by atoms with E-state index < -0.39 is 26.6 Å². The minimum Gasteiger partial charge on any atom is -0.756 e. The van der Waals surface area contributed by atoms with E-state index >= 15 is 0 Å². The summed E-state index contributed by atoms with van der Waals surface area (Å²) < 4.78 is 23.4. The zero-order chi connectivity index (χ0) is 52.0. The Labute approximate surface area is 442 Å². The van der Waals surface area contributed by atoms with Gasteiger partial charge in [-0.3, -0.25) is 9.36 Å². The second kappa shape index (κ2) is 53.5. The molecule has 0 aromatic carbocycles. The van der Waals surface area contributed by atoms with Crippen LogP contribution in [0.4, 0.5) is 0 Å². The van der Waals surface area contributed by atoms with Gasteiger partial charge in [0.05, 0.1) is 39.9 Å². The molecule has 0 aliphatic rings. The number of nitrogens with zero attached hydrogens (tertiary/aromatic N) is 1. The molecule has 0 aromatic rings. The number of phosphoric ester groups is 1. The number of hydrogen-bond donors (Lipinski definition) is 2. The summed E-state index contributed by atoms with van der Waals surface area (Å²) in [5, 5.41) is 13.9. The average molecular weight is 1020 g/mol. The van der Waals surface area contributed by atoms with Crippen molar-refractivity contribution in [1.29, 1.82) is 0 Å². The Bertz CT molecular complexity index is 1250. The van der Waals surface area contributed by atoms with Crippen LogP contribution in [0.1, 0.15) is 303 Å². The van der Waals surface area contributed by atoms with Crippen LogP contribution in [-0.4, -0.2) is 68.5 Å². The third-order valence-electron chi connectivity index (χ3n) is 14.1. The zero-order valence-electron chi connectivity index (χ0n) is 47.9. The highest BCUT2D eigenvalue weighted by Gasteiger charge is 2.23. The third-order valence-corrected chi connectivity index (χ3v) is 15.0. The van der Waals surface area contributed by atoms with Crippen LogP contribution in [0.3, 0.4) is 0 Å². The Morgan fingerprint density at radius 2 is 0.789 bits per heavy atom. The van der Waals surface area contributed by atoms with Crippen LogP contribution in [0.15, 0.2) is 36.5 Å². The molecular weight excluding hydrogens is 900 g/mol. The van der Waals surface area contributed by atoms with Gasteiger partial charge in [0.1, 0.15) is 13.2 Å². The average Bonchev–Trinajstić information content (AvgIpc) is 3.33. The highest BCUT2D eigenvalue weighted by molar-refractivity contribution is 7.45. The number of aliphatic hydroxyl groups is 1. The van der Waals surface area contributed by atoms with Gasteiger partial charge in [-0.05, 0) is 57.8 Å². The molecule has 0 heterocycles. The topological polar surface area (TPSA) is 108 Å². The van der Waals surface area contributed by atoms with E-state index in [1.165, 1.54) is 244 Å². The fourth-order valence-electron chi connectivity index (χ4n) is 9.23. The SMILES string of the molecule is CCCCCCCCCC/C=C\CCCCCCCCCCCCCCCC(=O)NC(COP(=O)([O-])OCC[N+](C)(C)C)C(O)/C=C/CC/C=C/CCCCCCCCCCCCCCCCCCCC. The fourth-order valence-corrected chi connectivity index (χ4v) is 9.95. The first-order valence-corrected chi connectivity index (χ1v) is 32.3. The van der Waals surface area contributed by atoms with E-state index in [2.05, 4.69) is 43.5 Å². The molecule has 0 bridgehead atoms. The van der Waals surface area contributed by atoms with E-state index in [1.807, 2.05) is 27.2 Å². The molecule has 3 unspecified atom stereocenters.